The average Bonchev–Trinajstić information content (AvgIpc) is 2.17. The van der Waals surface area contributed by atoms with Crippen molar-refractivity contribution in [1.82, 2.24) is 9.80 Å². The third-order valence-electron chi connectivity index (χ3n) is 2.09. The number of rotatable bonds is 4. The van der Waals surface area contributed by atoms with E-state index in [2.05, 4.69) is 0 Å². The maximum absolute atomic E-state index is 11.5. The van der Waals surface area contributed by atoms with Gasteiger partial charge in [0, 0.05) is 19.5 Å². The van der Waals surface area contributed by atoms with Crippen LogP contribution in [0.3, 0.4) is 0 Å². The fourth-order valence-electron chi connectivity index (χ4n) is 1.39. The highest BCUT2D eigenvalue weighted by Crippen LogP contribution is 2.09. The fourth-order valence-corrected chi connectivity index (χ4v) is 1.39. The SMILES string of the molecule is O=C1CCN(CCO)C(=O)N1CCO. The molecule has 1 aliphatic heterocycles. The van der Waals surface area contributed by atoms with E-state index in [9.17, 15) is 9.59 Å². The van der Waals surface area contributed by atoms with Crippen molar-refractivity contribution >= 4 is 11.9 Å². The van der Waals surface area contributed by atoms with Gasteiger partial charge in [-0.25, -0.2) is 4.79 Å². The second kappa shape index (κ2) is 4.92. The van der Waals surface area contributed by atoms with Crippen molar-refractivity contribution in [3.63, 3.8) is 0 Å². The molecule has 0 aliphatic carbocycles. The van der Waals surface area contributed by atoms with Gasteiger partial charge in [0.2, 0.25) is 5.91 Å². The predicted molar refractivity (Wildman–Crippen MR) is 47.5 cm³/mol. The summed E-state index contributed by atoms with van der Waals surface area (Å²) in [6, 6.07) is -0.427. The van der Waals surface area contributed by atoms with E-state index < -0.39 is 6.03 Å². The molecule has 1 rings (SSSR count). The molecule has 0 spiro atoms. The van der Waals surface area contributed by atoms with Gasteiger partial charge in [-0.1, -0.05) is 0 Å². The number of amides is 3. The smallest absolute Gasteiger partial charge is 0.326 e. The quantitative estimate of drug-likeness (QED) is 0.589. The summed E-state index contributed by atoms with van der Waals surface area (Å²) in [5.41, 5.74) is 0. The summed E-state index contributed by atoms with van der Waals surface area (Å²) in [5.74, 6) is -0.266. The predicted octanol–water partition coefficient (Wildman–Crippen LogP) is -1.37. The van der Waals surface area contributed by atoms with Crippen molar-refractivity contribution in [2.24, 2.45) is 0 Å². The molecule has 0 saturated carbocycles. The highest BCUT2D eigenvalue weighted by atomic mass is 16.3. The van der Waals surface area contributed by atoms with E-state index in [4.69, 9.17) is 10.2 Å². The standard InChI is InChI=1S/C8H14N2O4/c11-5-3-9-2-1-7(13)10(4-6-12)8(9)14/h11-12H,1-6H2. The van der Waals surface area contributed by atoms with Crippen molar-refractivity contribution in [1.29, 1.82) is 0 Å². The molecule has 1 fully saturated rings. The van der Waals surface area contributed by atoms with Crippen LogP contribution in [0.25, 0.3) is 0 Å². The van der Waals surface area contributed by atoms with E-state index in [1.807, 2.05) is 0 Å². The van der Waals surface area contributed by atoms with Crippen molar-refractivity contribution in [3.8, 4) is 0 Å². The molecule has 0 unspecified atom stereocenters. The first-order chi connectivity index (χ1) is 6.70. The summed E-state index contributed by atoms with van der Waals surface area (Å²) in [4.78, 5) is 25.2. The first-order valence-corrected chi connectivity index (χ1v) is 4.51. The van der Waals surface area contributed by atoms with Crippen LogP contribution in [-0.2, 0) is 4.79 Å². The number of β-amino-alcohol motifs (C(OH)–C–C–N with tert-alkyl or cyclic N) is 2. The minimum absolute atomic E-state index is 0.0274. The number of carbonyl (C=O) groups excluding carboxylic acids is 2. The van der Waals surface area contributed by atoms with Gasteiger partial charge in [0.15, 0.2) is 0 Å². The summed E-state index contributed by atoms with van der Waals surface area (Å²) >= 11 is 0. The van der Waals surface area contributed by atoms with E-state index in [-0.39, 0.29) is 38.6 Å². The Kier molecular flexibility index (Phi) is 3.84. The van der Waals surface area contributed by atoms with Crippen molar-refractivity contribution < 1.29 is 19.8 Å². The van der Waals surface area contributed by atoms with E-state index in [0.29, 0.717) is 6.54 Å². The van der Waals surface area contributed by atoms with Crippen LogP contribution >= 0.6 is 0 Å². The largest absolute Gasteiger partial charge is 0.395 e. The van der Waals surface area contributed by atoms with E-state index in [1.54, 1.807) is 0 Å². The monoisotopic (exact) mass is 202 g/mol. The molecule has 0 aromatic heterocycles. The van der Waals surface area contributed by atoms with E-state index in [0.717, 1.165) is 4.90 Å². The number of imide groups is 1. The Morgan fingerprint density at radius 3 is 2.36 bits per heavy atom. The van der Waals surface area contributed by atoms with Gasteiger partial charge in [-0.2, -0.15) is 0 Å². The molecule has 14 heavy (non-hydrogen) atoms. The Morgan fingerprint density at radius 1 is 1.14 bits per heavy atom. The van der Waals surface area contributed by atoms with Gasteiger partial charge < -0.3 is 15.1 Å². The molecule has 80 valence electrons. The molecule has 6 heteroatoms. The Balaban J connectivity index is 2.62. The van der Waals surface area contributed by atoms with Gasteiger partial charge in [0.1, 0.15) is 0 Å². The molecular formula is C8H14N2O4. The summed E-state index contributed by atoms with van der Waals surface area (Å²) in [5, 5.41) is 17.3. The summed E-state index contributed by atoms with van der Waals surface area (Å²) in [6.07, 6.45) is 0.256. The van der Waals surface area contributed by atoms with E-state index >= 15 is 0 Å². The zero-order valence-electron chi connectivity index (χ0n) is 7.85. The molecule has 0 aromatic rings. The lowest BCUT2D eigenvalue weighted by Gasteiger charge is -2.33. The summed E-state index contributed by atoms with van der Waals surface area (Å²) in [6.45, 7) is 0.255. The second-order valence-electron chi connectivity index (χ2n) is 3.01. The number of carbonyl (C=O) groups is 2. The number of nitrogens with zero attached hydrogens (tertiary/aromatic N) is 2. The highest BCUT2D eigenvalue weighted by Gasteiger charge is 2.30. The zero-order chi connectivity index (χ0) is 10.6. The van der Waals surface area contributed by atoms with Crippen LogP contribution in [0.5, 0.6) is 0 Å². The Hall–Kier alpha value is -1.14. The molecule has 1 heterocycles. The van der Waals surface area contributed by atoms with Crippen molar-refractivity contribution in [2.75, 3.05) is 32.8 Å². The van der Waals surface area contributed by atoms with Crippen LogP contribution < -0.4 is 0 Å². The van der Waals surface area contributed by atoms with Gasteiger partial charge >= 0.3 is 6.03 Å². The van der Waals surface area contributed by atoms with Crippen LogP contribution in [0.1, 0.15) is 6.42 Å². The number of hydrogen-bond acceptors (Lipinski definition) is 4. The minimum Gasteiger partial charge on any atom is -0.395 e. The third-order valence-corrected chi connectivity index (χ3v) is 2.09. The molecule has 6 nitrogen and oxygen atoms in total. The Morgan fingerprint density at radius 2 is 1.79 bits per heavy atom. The second-order valence-corrected chi connectivity index (χ2v) is 3.01. The molecule has 0 atom stereocenters. The lowest BCUT2D eigenvalue weighted by molar-refractivity contribution is -0.131. The normalized spacial score (nSPS) is 17.9. The van der Waals surface area contributed by atoms with E-state index in [1.165, 1.54) is 4.90 Å². The van der Waals surface area contributed by atoms with Gasteiger partial charge in [-0.15, -0.1) is 0 Å². The topological polar surface area (TPSA) is 81.1 Å². The number of hydrogen-bond donors (Lipinski definition) is 2. The van der Waals surface area contributed by atoms with Gasteiger partial charge in [0.05, 0.1) is 19.8 Å². The van der Waals surface area contributed by atoms with Crippen molar-refractivity contribution in [3.05, 3.63) is 0 Å². The van der Waals surface area contributed by atoms with Crippen LogP contribution in [-0.4, -0.2) is 64.8 Å². The highest BCUT2D eigenvalue weighted by molar-refractivity contribution is 5.96. The van der Waals surface area contributed by atoms with Crippen LogP contribution in [0.2, 0.25) is 0 Å². The molecule has 1 saturated heterocycles. The average molecular weight is 202 g/mol. The maximum Gasteiger partial charge on any atom is 0.326 e. The summed E-state index contributed by atoms with van der Waals surface area (Å²) in [7, 11) is 0. The molecule has 0 radical (unpaired) electrons. The molecule has 2 N–H and O–H groups in total. The lowest BCUT2D eigenvalue weighted by atomic mass is 10.2. The zero-order valence-corrected chi connectivity index (χ0v) is 7.85. The maximum atomic E-state index is 11.5. The third kappa shape index (κ3) is 2.21. The van der Waals surface area contributed by atoms with Crippen LogP contribution in [0, 0.1) is 0 Å². The number of aliphatic hydroxyl groups excluding tert-OH is 2. The molecule has 1 aliphatic rings. The number of urea groups is 1. The van der Waals surface area contributed by atoms with Crippen molar-refractivity contribution in [2.45, 2.75) is 6.42 Å². The number of aliphatic hydroxyl groups is 2. The Bertz CT molecular complexity index is 231. The first-order valence-electron chi connectivity index (χ1n) is 4.51. The fraction of sp³-hybridized carbons (Fsp3) is 0.750. The molecular weight excluding hydrogens is 188 g/mol. The molecule has 0 aromatic carbocycles. The first kappa shape index (κ1) is 10.9. The minimum atomic E-state index is -0.427. The van der Waals surface area contributed by atoms with Crippen LogP contribution in [0.15, 0.2) is 0 Å². The van der Waals surface area contributed by atoms with Gasteiger partial charge in [0.25, 0.3) is 0 Å². The van der Waals surface area contributed by atoms with Gasteiger partial charge in [-0.05, 0) is 0 Å². The van der Waals surface area contributed by atoms with Gasteiger partial charge in [-0.3, -0.25) is 9.69 Å². The molecule has 0 bridgehead atoms. The lowest BCUT2D eigenvalue weighted by Crippen LogP contribution is -2.53. The Labute approximate surface area is 81.7 Å². The molecule has 3 amide bonds. The van der Waals surface area contributed by atoms with Crippen LogP contribution in [0.4, 0.5) is 4.79 Å². The summed E-state index contributed by atoms with van der Waals surface area (Å²) < 4.78 is 0.